The molecule has 1 amide bonds. The van der Waals surface area contributed by atoms with E-state index >= 15 is 0 Å². The van der Waals surface area contributed by atoms with Gasteiger partial charge in [-0.3, -0.25) is 4.79 Å². The van der Waals surface area contributed by atoms with Gasteiger partial charge in [-0.25, -0.2) is 5.43 Å². The predicted molar refractivity (Wildman–Crippen MR) is 131 cm³/mol. The van der Waals surface area contributed by atoms with Crippen LogP contribution in [0.15, 0.2) is 58.0 Å². The van der Waals surface area contributed by atoms with Gasteiger partial charge < -0.3 is 14.2 Å². The van der Waals surface area contributed by atoms with Gasteiger partial charge in [-0.15, -0.1) is 10.2 Å². The molecule has 33 heavy (non-hydrogen) atoms. The Morgan fingerprint density at radius 2 is 1.61 bits per heavy atom. The molecule has 0 aliphatic rings. The fourth-order valence-electron chi connectivity index (χ4n) is 2.50. The molecule has 0 aliphatic heterocycles. The first-order valence-corrected chi connectivity index (χ1v) is 12.1. The molecule has 0 radical (unpaired) electrons. The molecule has 0 atom stereocenters. The minimum absolute atomic E-state index is 0.201. The molecule has 0 fully saturated rings. The molecular formula is C23H26N4O4S2. The van der Waals surface area contributed by atoms with Crippen LogP contribution in [-0.4, -0.2) is 54.5 Å². The summed E-state index contributed by atoms with van der Waals surface area (Å²) in [5.74, 6) is 1.61. The van der Waals surface area contributed by atoms with Crippen molar-refractivity contribution in [2.45, 2.75) is 18.2 Å². The van der Waals surface area contributed by atoms with Crippen LogP contribution in [0.5, 0.6) is 11.5 Å². The summed E-state index contributed by atoms with van der Waals surface area (Å²) in [7, 11) is 0. The highest BCUT2D eigenvalue weighted by molar-refractivity contribution is 8.01. The highest BCUT2D eigenvalue weighted by Crippen LogP contribution is 2.21. The van der Waals surface area contributed by atoms with E-state index in [1.807, 2.05) is 62.4 Å². The van der Waals surface area contributed by atoms with E-state index in [1.54, 1.807) is 6.21 Å². The normalized spacial score (nSPS) is 11.0. The van der Waals surface area contributed by atoms with Crippen LogP contribution in [-0.2, 0) is 9.53 Å². The first-order valence-electron chi connectivity index (χ1n) is 10.3. The number of hydrogen-bond acceptors (Lipinski definition) is 9. The Kier molecular flexibility index (Phi) is 10.1. The summed E-state index contributed by atoms with van der Waals surface area (Å²) < 4.78 is 17.6. The topological polar surface area (TPSA) is 94.9 Å². The lowest BCUT2D eigenvalue weighted by atomic mass is 10.2. The van der Waals surface area contributed by atoms with Crippen molar-refractivity contribution in [3.8, 4) is 11.5 Å². The average Bonchev–Trinajstić information content (AvgIpc) is 3.24. The molecule has 0 saturated carbocycles. The van der Waals surface area contributed by atoms with Crippen LogP contribution in [0.25, 0.3) is 0 Å². The highest BCUT2D eigenvalue weighted by atomic mass is 32.2. The molecule has 0 saturated heterocycles. The Hall–Kier alpha value is -2.95. The van der Waals surface area contributed by atoms with E-state index in [4.69, 9.17) is 14.2 Å². The molecule has 10 heteroatoms. The van der Waals surface area contributed by atoms with Gasteiger partial charge >= 0.3 is 0 Å². The summed E-state index contributed by atoms with van der Waals surface area (Å²) in [5.41, 5.74) is 4.55. The lowest BCUT2D eigenvalue weighted by Gasteiger charge is -2.09. The van der Waals surface area contributed by atoms with Gasteiger partial charge in [0.25, 0.3) is 5.91 Å². The fourth-order valence-corrected chi connectivity index (χ4v) is 4.11. The third-order valence-electron chi connectivity index (χ3n) is 4.13. The number of benzene rings is 2. The number of nitrogens with zero attached hydrogens (tertiary/aromatic N) is 3. The van der Waals surface area contributed by atoms with Crippen molar-refractivity contribution in [3.05, 3.63) is 64.7 Å². The van der Waals surface area contributed by atoms with Crippen LogP contribution >= 0.6 is 23.1 Å². The quantitative estimate of drug-likeness (QED) is 0.170. The molecule has 3 rings (SSSR count). The molecule has 0 bridgehead atoms. The minimum atomic E-state index is -0.201. The Morgan fingerprint density at radius 3 is 2.21 bits per heavy atom. The molecule has 0 unspecified atom stereocenters. The molecule has 0 spiro atoms. The number of rotatable bonds is 13. The minimum Gasteiger partial charge on any atom is -0.491 e. The number of hydrazone groups is 1. The zero-order valence-corrected chi connectivity index (χ0v) is 20.2. The van der Waals surface area contributed by atoms with E-state index < -0.39 is 0 Å². The number of amides is 1. The summed E-state index contributed by atoms with van der Waals surface area (Å²) in [5, 5.41) is 12.7. The summed E-state index contributed by atoms with van der Waals surface area (Å²) in [6.07, 6.45) is 1.58. The lowest BCUT2D eigenvalue weighted by molar-refractivity contribution is -0.118. The lowest BCUT2D eigenvalue weighted by Crippen LogP contribution is -2.19. The highest BCUT2D eigenvalue weighted by Gasteiger charge is 2.05. The molecule has 1 N–H and O–H groups in total. The molecule has 8 nitrogen and oxygen atoms in total. The first kappa shape index (κ1) is 24.7. The Bertz CT molecular complexity index is 1020. The van der Waals surface area contributed by atoms with E-state index in [2.05, 4.69) is 20.7 Å². The largest absolute Gasteiger partial charge is 0.491 e. The second kappa shape index (κ2) is 13.6. The SMILES string of the molecule is Cc1ccc(OCCOCCOc2ccc(/C=N\NC(=O)CSc3nnc(C)s3)cc2)cc1. The van der Waals surface area contributed by atoms with Crippen LogP contribution in [0.4, 0.5) is 0 Å². The second-order valence-electron chi connectivity index (χ2n) is 6.86. The van der Waals surface area contributed by atoms with Crippen molar-refractivity contribution in [2.24, 2.45) is 5.10 Å². The third-order valence-corrected chi connectivity index (χ3v) is 6.10. The van der Waals surface area contributed by atoms with Crippen molar-refractivity contribution in [2.75, 3.05) is 32.2 Å². The number of carbonyl (C=O) groups is 1. The second-order valence-corrected chi connectivity index (χ2v) is 9.26. The van der Waals surface area contributed by atoms with Crippen LogP contribution in [0, 0.1) is 13.8 Å². The van der Waals surface area contributed by atoms with Crippen molar-refractivity contribution in [3.63, 3.8) is 0 Å². The van der Waals surface area contributed by atoms with Gasteiger partial charge in [0.1, 0.15) is 29.7 Å². The van der Waals surface area contributed by atoms with Crippen LogP contribution in [0.1, 0.15) is 16.1 Å². The van der Waals surface area contributed by atoms with Gasteiger partial charge in [0.15, 0.2) is 4.34 Å². The van der Waals surface area contributed by atoms with Gasteiger partial charge in [-0.1, -0.05) is 40.8 Å². The summed E-state index contributed by atoms with van der Waals surface area (Å²) >= 11 is 2.79. The predicted octanol–water partition coefficient (Wildman–Crippen LogP) is 3.87. The van der Waals surface area contributed by atoms with Gasteiger partial charge in [0, 0.05) is 0 Å². The molecule has 1 aromatic heterocycles. The zero-order chi connectivity index (χ0) is 23.3. The van der Waals surface area contributed by atoms with E-state index in [0.717, 1.165) is 26.4 Å². The number of hydrogen-bond donors (Lipinski definition) is 1. The summed E-state index contributed by atoms with van der Waals surface area (Å²) in [4.78, 5) is 11.8. The molecule has 174 valence electrons. The molecule has 0 aliphatic carbocycles. The maximum absolute atomic E-state index is 11.8. The Morgan fingerprint density at radius 1 is 0.970 bits per heavy atom. The Labute approximate surface area is 201 Å². The molecule has 1 heterocycles. The van der Waals surface area contributed by atoms with Gasteiger partial charge in [-0.2, -0.15) is 5.10 Å². The average molecular weight is 487 g/mol. The maximum atomic E-state index is 11.8. The monoisotopic (exact) mass is 486 g/mol. The van der Waals surface area contributed by atoms with Crippen LogP contribution < -0.4 is 14.9 Å². The molecule has 2 aromatic carbocycles. The van der Waals surface area contributed by atoms with Crippen molar-refractivity contribution in [1.29, 1.82) is 0 Å². The number of nitrogens with one attached hydrogen (secondary N) is 1. The Balaban J connectivity index is 1.25. The third kappa shape index (κ3) is 9.60. The zero-order valence-electron chi connectivity index (χ0n) is 18.5. The molecule has 3 aromatic rings. The number of aromatic nitrogens is 2. The first-order chi connectivity index (χ1) is 16.1. The smallest absolute Gasteiger partial charge is 0.250 e. The van der Waals surface area contributed by atoms with Crippen molar-refractivity contribution < 1.29 is 19.0 Å². The van der Waals surface area contributed by atoms with E-state index in [1.165, 1.54) is 28.7 Å². The summed E-state index contributed by atoms with van der Waals surface area (Å²) in [6, 6.07) is 15.3. The fraction of sp³-hybridized carbons (Fsp3) is 0.304. The molecular weight excluding hydrogens is 460 g/mol. The number of ether oxygens (including phenoxy) is 3. The van der Waals surface area contributed by atoms with Gasteiger partial charge in [-0.05, 0) is 55.8 Å². The van der Waals surface area contributed by atoms with Gasteiger partial charge in [0.2, 0.25) is 0 Å². The van der Waals surface area contributed by atoms with Gasteiger partial charge in [0.05, 0.1) is 25.2 Å². The van der Waals surface area contributed by atoms with Crippen molar-refractivity contribution >= 4 is 35.2 Å². The number of thioether (sulfide) groups is 1. The van der Waals surface area contributed by atoms with E-state index in [9.17, 15) is 4.79 Å². The van der Waals surface area contributed by atoms with Crippen LogP contribution in [0.2, 0.25) is 0 Å². The van der Waals surface area contributed by atoms with E-state index in [0.29, 0.717) is 26.4 Å². The summed E-state index contributed by atoms with van der Waals surface area (Å²) in [6.45, 7) is 5.83. The van der Waals surface area contributed by atoms with Crippen LogP contribution in [0.3, 0.4) is 0 Å². The standard InChI is InChI=1S/C23H26N4O4S2/c1-17-3-7-20(8-4-17)30-13-11-29-12-14-31-21-9-5-19(6-10-21)15-24-26-22(28)16-32-23-27-25-18(2)33-23/h3-10,15H,11-14,16H2,1-2H3,(H,26,28)/b24-15-. The number of carbonyl (C=O) groups excluding carboxylic acids is 1. The van der Waals surface area contributed by atoms with E-state index in [-0.39, 0.29) is 11.7 Å². The maximum Gasteiger partial charge on any atom is 0.250 e. The van der Waals surface area contributed by atoms with Crippen molar-refractivity contribution in [1.82, 2.24) is 15.6 Å². The number of aryl methyl sites for hydroxylation is 2.